The number of oxazole rings is 1. The van der Waals surface area contributed by atoms with Crippen LogP contribution in [0.25, 0.3) is 11.6 Å². The zero-order valence-electron chi connectivity index (χ0n) is 13.2. The lowest BCUT2D eigenvalue weighted by Crippen LogP contribution is -2.22. The molecule has 2 aromatic heterocycles. The minimum absolute atomic E-state index is 0.626. The number of benzene rings is 1. The van der Waals surface area contributed by atoms with Gasteiger partial charge in [0.15, 0.2) is 0 Å². The van der Waals surface area contributed by atoms with Crippen molar-refractivity contribution in [3.05, 3.63) is 65.7 Å². The summed E-state index contributed by atoms with van der Waals surface area (Å²) in [5.41, 5.74) is 4.35. The number of aromatic nitrogens is 2. The monoisotopic (exact) mass is 305 g/mol. The largest absolute Gasteiger partial charge is 0.440 e. The molecule has 116 valence electrons. The molecule has 0 aliphatic carbocycles. The highest BCUT2D eigenvalue weighted by molar-refractivity contribution is 5.50. The topological polar surface area (TPSA) is 42.2 Å². The molecule has 4 heteroatoms. The molecule has 0 saturated heterocycles. The van der Waals surface area contributed by atoms with Crippen molar-refractivity contribution in [3.63, 3.8) is 0 Å². The molecule has 3 aromatic rings. The average Bonchev–Trinajstić information content (AvgIpc) is 2.88. The Kier molecular flexibility index (Phi) is 3.58. The number of aryl methyl sites for hydroxylation is 2. The first-order valence-electron chi connectivity index (χ1n) is 8.01. The molecule has 3 heterocycles. The van der Waals surface area contributed by atoms with Crippen LogP contribution in [0.15, 0.2) is 53.1 Å². The lowest BCUT2D eigenvalue weighted by atomic mass is 10.2. The molecule has 0 radical (unpaired) electrons. The number of anilines is 1. The van der Waals surface area contributed by atoms with Gasteiger partial charge < -0.3 is 9.32 Å². The van der Waals surface area contributed by atoms with Crippen molar-refractivity contribution < 1.29 is 4.42 Å². The van der Waals surface area contributed by atoms with E-state index >= 15 is 0 Å². The van der Waals surface area contributed by atoms with Gasteiger partial charge in [0.1, 0.15) is 17.1 Å². The van der Waals surface area contributed by atoms with Crippen LogP contribution in [-0.2, 0) is 13.0 Å². The molecule has 0 amide bonds. The molecule has 0 spiro atoms. The standard InChI is InChI=1S/C19H19N3O/c1-14-7-9-15(10-8-14)22-12-4-6-18-17(13-22)21-19(23-18)16-5-2-3-11-20-16/h2-3,5,7-11H,4,6,12-13H2,1H3. The second-order valence-electron chi connectivity index (χ2n) is 5.96. The molecule has 23 heavy (non-hydrogen) atoms. The van der Waals surface area contributed by atoms with Crippen LogP contribution < -0.4 is 4.90 Å². The summed E-state index contributed by atoms with van der Waals surface area (Å²) in [6, 6.07) is 14.5. The molecule has 0 atom stereocenters. The summed E-state index contributed by atoms with van der Waals surface area (Å²) in [4.78, 5) is 11.4. The number of rotatable bonds is 2. The first-order valence-corrected chi connectivity index (χ1v) is 8.01. The van der Waals surface area contributed by atoms with E-state index in [1.54, 1.807) is 6.20 Å². The zero-order valence-corrected chi connectivity index (χ0v) is 13.2. The van der Waals surface area contributed by atoms with Gasteiger partial charge >= 0.3 is 0 Å². The third-order valence-electron chi connectivity index (χ3n) is 4.23. The summed E-state index contributed by atoms with van der Waals surface area (Å²) >= 11 is 0. The summed E-state index contributed by atoms with van der Waals surface area (Å²) in [7, 11) is 0. The van der Waals surface area contributed by atoms with Crippen LogP contribution in [0.1, 0.15) is 23.4 Å². The minimum atomic E-state index is 0.626. The Hall–Kier alpha value is -2.62. The number of nitrogens with zero attached hydrogens (tertiary/aromatic N) is 3. The predicted molar refractivity (Wildman–Crippen MR) is 90.3 cm³/mol. The molecule has 1 aliphatic heterocycles. The Morgan fingerprint density at radius 2 is 1.96 bits per heavy atom. The van der Waals surface area contributed by atoms with Crippen molar-refractivity contribution in [2.24, 2.45) is 0 Å². The van der Waals surface area contributed by atoms with Crippen LogP contribution in [0.4, 0.5) is 5.69 Å². The quantitative estimate of drug-likeness (QED) is 0.717. The highest BCUT2D eigenvalue weighted by Gasteiger charge is 2.21. The molecule has 0 bridgehead atoms. The number of hydrogen-bond donors (Lipinski definition) is 0. The third kappa shape index (κ3) is 2.84. The maximum atomic E-state index is 5.98. The number of pyridine rings is 1. The van der Waals surface area contributed by atoms with Gasteiger partial charge in [-0.2, -0.15) is 0 Å². The molecule has 0 N–H and O–H groups in total. The van der Waals surface area contributed by atoms with Crippen LogP contribution >= 0.6 is 0 Å². The number of hydrogen-bond acceptors (Lipinski definition) is 4. The van der Waals surface area contributed by atoms with Gasteiger partial charge in [-0.1, -0.05) is 23.8 Å². The molecule has 4 nitrogen and oxygen atoms in total. The molecule has 0 fully saturated rings. The summed E-state index contributed by atoms with van der Waals surface area (Å²) < 4.78 is 5.98. The Labute approximate surface area is 135 Å². The van der Waals surface area contributed by atoms with E-state index in [-0.39, 0.29) is 0 Å². The van der Waals surface area contributed by atoms with Gasteiger partial charge in [0.2, 0.25) is 5.89 Å². The fourth-order valence-electron chi connectivity index (χ4n) is 2.97. The van der Waals surface area contributed by atoms with Crippen molar-refractivity contribution in [1.82, 2.24) is 9.97 Å². The van der Waals surface area contributed by atoms with Crippen LogP contribution in [0.2, 0.25) is 0 Å². The molecule has 1 aromatic carbocycles. The van der Waals surface area contributed by atoms with Crippen LogP contribution in [0.3, 0.4) is 0 Å². The van der Waals surface area contributed by atoms with E-state index in [0.29, 0.717) is 5.89 Å². The second-order valence-corrected chi connectivity index (χ2v) is 5.96. The van der Waals surface area contributed by atoms with Crippen molar-refractivity contribution in [2.75, 3.05) is 11.4 Å². The third-order valence-corrected chi connectivity index (χ3v) is 4.23. The lowest BCUT2D eigenvalue weighted by molar-refractivity contribution is 0.511. The normalized spacial score (nSPS) is 14.4. The van der Waals surface area contributed by atoms with Gasteiger partial charge in [0.05, 0.1) is 6.54 Å². The SMILES string of the molecule is Cc1ccc(N2CCCc3oc(-c4ccccn4)nc3C2)cc1. The van der Waals surface area contributed by atoms with Gasteiger partial charge in [-0.3, -0.25) is 4.98 Å². The molecular formula is C19H19N3O. The van der Waals surface area contributed by atoms with E-state index in [0.717, 1.165) is 43.1 Å². The summed E-state index contributed by atoms with van der Waals surface area (Å²) in [6.07, 6.45) is 3.76. The van der Waals surface area contributed by atoms with Crippen LogP contribution in [0, 0.1) is 6.92 Å². The maximum absolute atomic E-state index is 5.98. The van der Waals surface area contributed by atoms with Gasteiger partial charge in [-0.05, 0) is 37.6 Å². The van der Waals surface area contributed by atoms with E-state index in [9.17, 15) is 0 Å². The van der Waals surface area contributed by atoms with Crippen molar-refractivity contribution >= 4 is 5.69 Å². The minimum Gasteiger partial charge on any atom is -0.440 e. The number of fused-ring (bicyclic) bond motifs is 1. The van der Waals surface area contributed by atoms with Crippen molar-refractivity contribution in [2.45, 2.75) is 26.3 Å². The Balaban J connectivity index is 1.64. The molecule has 4 rings (SSSR count). The fraction of sp³-hybridized carbons (Fsp3) is 0.263. The predicted octanol–water partition coefficient (Wildman–Crippen LogP) is 4.00. The van der Waals surface area contributed by atoms with Crippen LogP contribution in [0.5, 0.6) is 0 Å². The molecule has 0 unspecified atom stereocenters. The van der Waals surface area contributed by atoms with Crippen LogP contribution in [-0.4, -0.2) is 16.5 Å². The van der Waals surface area contributed by atoms with E-state index in [1.165, 1.54) is 11.3 Å². The Morgan fingerprint density at radius 1 is 1.09 bits per heavy atom. The van der Waals surface area contributed by atoms with E-state index < -0.39 is 0 Å². The highest BCUT2D eigenvalue weighted by Crippen LogP contribution is 2.27. The zero-order chi connectivity index (χ0) is 15.6. The van der Waals surface area contributed by atoms with Gasteiger partial charge in [-0.25, -0.2) is 4.98 Å². The second kappa shape index (κ2) is 5.88. The molecule has 0 saturated carbocycles. The van der Waals surface area contributed by atoms with Gasteiger partial charge in [0.25, 0.3) is 0 Å². The lowest BCUT2D eigenvalue weighted by Gasteiger charge is -2.22. The highest BCUT2D eigenvalue weighted by atomic mass is 16.4. The first kappa shape index (κ1) is 14.0. The van der Waals surface area contributed by atoms with Gasteiger partial charge in [0, 0.05) is 24.8 Å². The maximum Gasteiger partial charge on any atom is 0.245 e. The van der Waals surface area contributed by atoms with E-state index in [2.05, 4.69) is 41.1 Å². The Morgan fingerprint density at radius 3 is 2.74 bits per heavy atom. The average molecular weight is 305 g/mol. The summed E-state index contributed by atoms with van der Waals surface area (Å²) in [5, 5.41) is 0. The van der Waals surface area contributed by atoms with E-state index in [1.807, 2.05) is 18.2 Å². The molecular weight excluding hydrogens is 286 g/mol. The first-order chi connectivity index (χ1) is 11.3. The van der Waals surface area contributed by atoms with Crippen molar-refractivity contribution in [3.8, 4) is 11.6 Å². The van der Waals surface area contributed by atoms with Crippen molar-refractivity contribution in [1.29, 1.82) is 0 Å². The molecule has 1 aliphatic rings. The van der Waals surface area contributed by atoms with E-state index in [4.69, 9.17) is 9.40 Å². The fourth-order valence-corrected chi connectivity index (χ4v) is 2.97. The Bertz CT molecular complexity index is 793. The summed E-state index contributed by atoms with van der Waals surface area (Å²) in [5.74, 6) is 1.63. The smallest absolute Gasteiger partial charge is 0.245 e. The summed E-state index contributed by atoms with van der Waals surface area (Å²) in [6.45, 7) is 3.92. The van der Waals surface area contributed by atoms with Gasteiger partial charge in [-0.15, -0.1) is 0 Å².